The highest BCUT2D eigenvalue weighted by molar-refractivity contribution is 5.81. The third-order valence-electron chi connectivity index (χ3n) is 6.59. The summed E-state index contributed by atoms with van der Waals surface area (Å²) in [5, 5.41) is 0. The molecule has 2 aromatic heterocycles. The molecule has 180 valence electrons. The molecular weight excluding hydrogens is 422 g/mol. The molecule has 3 heterocycles. The standard InChI is InChI=1S/C28H37N5O/c1-20(2)26-6-5-7-27(21(3)4)28(26)29-16-22-8-9-23(30-22)17-32-12-14-33(15-13-32)18-24-10-11-25(19-34)31-24/h5-11,16,19-21,30-31H,12-15,17-18H2,1-4H3. The zero-order chi connectivity index (χ0) is 24.1. The van der Waals surface area contributed by atoms with Gasteiger partial charge in [-0.15, -0.1) is 0 Å². The van der Waals surface area contributed by atoms with Crippen molar-refractivity contribution in [2.45, 2.75) is 52.6 Å². The van der Waals surface area contributed by atoms with Gasteiger partial charge in [0, 0.05) is 50.7 Å². The van der Waals surface area contributed by atoms with E-state index < -0.39 is 0 Å². The van der Waals surface area contributed by atoms with Gasteiger partial charge in [0.05, 0.1) is 23.3 Å². The highest BCUT2D eigenvalue weighted by Gasteiger charge is 2.18. The van der Waals surface area contributed by atoms with Crippen molar-refractivity contribution in [1.29, 1.82) is 0 Å². The number of carbonyl (C=O) groups excluding carboxylic acids is 1. The lowest BCUT2D eigenvalue weighted by Crippen LogP contribution is -2.45. The Labute approximate surface area is 203 Å². The molecule has 0 bridgehead atoms. The van der Waals surface area contributed by atoms with Gasteiger partial charge < -0.3 is 9.97 Å². The summed E-state index contributed by atoms with van der Waals surface area (Å²) in [7, 11) is 0. The Kier molecular flexibility index (Phi) is 7.80. The number of aliphatic imine (C=N–C) groups is 1. The number of aromatic amines is 2. The summed E-state index contributed by atoms with van der Waals surface area (Å²) in [6, 6.07) is 14.7. The second-order valence-corrected chi connectivity index (χ2v) is 9.90. The summed E-state index contributed by atoms with van der Waals surface area (Å²) >= 11 is 0. The van der Waals surface area contributed by atoms with Crippen molar-refractivity contribution >= 4 is 18.2 Å². The second kappa shape index (κ2) is 11.0. The lowest BCUT2D eigenvalue weighted by atomic mass is 9.93. The molecule has 6 heteroatoms. The van der Waals surface area contributed by atoms with E-state index in [4.69, 9.17) is 4.99 Å². The number of H-pyrrole nitrogens is 2. The smallest absolute Gasteiger partial charge is 0.166 e. The van der Waals surface area contributed by atoms with Crippen LogP contribution in [-0.2, 0) is 13.1 Å². The van der Waals surface area contributed by atoms with Gasteiger partial charge in [-0.05, 0) is 47.2 Å². The summed E-state index contributed by atoms with van der Waals surface area (Å²) in [4.78, 5) is 27.4. The zero-order valence-electron chi connectivity index (χ0n) is 20.8. The van der Waals surface area contributed by atoms with Crippen molar-refractivity contribution in [3.63, 3.8) is 0 Å². The van der Waals surface area contributed by atoms with E-state index in [2.05, 4.69) is 77.8 Å². The van der Waals surface area contributed by atoms with Crippen molar-refractivity contribution in [2.24, 2.45) is 4.99 Å². The maximum Gasteiger partial charge on any atom is 0.166 e. The van der Waals surface area contributed by atoms with Gasteiger partial charge in [-0.2, -0.15) is 0 Å². The molecule has 0 unspecified atom stereocenters. The molecule has 0 radical (unpaired) electrons. The maximum atomic E-state index is 10.9. The number of rotatable bonds is 9. The lowest BCUT2D eigenvalue weighted by Gasteiger charge is -2.34. The highest BCUT2D eigenvalue weighted by atomic mass is 16.1. The molecule has 34 heavy (non-hydrogen) atoms. The minimum absolute atomic E-state index is 0.438. The fourth-order valence-electron chi connectivity index (χ4n) is 4.63. The minimum Gasteiger partial charge on any atom is -0.357 e. The molecule has 2 N–H and O–H groups in total. The van der Waals surface area contributed by atoms with Crippen LogP contribution >= 0.6 is 0 Å². The Hall–Kier alpha value is -2.96. The number of nitrogens with one attached hydrogen (secondary N) is 2. The lowest BCUT2D eigenvalue weighted by molar-refractivity contribution is 0.111. The van der Waals surface area contributed by atoms with Crippen LogP contribution in [-0.4, -0.2) is 58.4 Å². The Bertz CT molecular complexity index is 1090. The number of para-hydroxylation sites is 1. The number of aldehydes is 1. The van der Waals surface area contributed by atoms with Crippen LogP contribution in [0.1, 0.15) is 78.2 Å². The van der Waals surface area contributed by atoms with Crippen LogP contribution in [0.4, 0.5) is 5.69 Å². The summed E-state index contributed by atoms with van der Waals surface area (Å²) < 4.78 is 0. The number of carbonyl (C=O) groups is 1. The third-order valence-corrected chi connectivity index (χ3v) is 6.59. The Balaban J connectivity index is 1.34. The number of piperazine rings is 1. The van der Waals surface area contributed by atoms with Crippen molar-refractivity contribution in [3.8, 4) is 0 Å². The van der Waals surface area contributed by atoms with Crippen molar-refractivity contribution in [2.75, 3.05) is 26.2 Å². The molecule has 0 saturated carbocycles. The van der Waals surface area contributed by atoms with Crippen molar-refractivity contribution in [1.82, 2.24) is 19.8 Å². The number of benzene rings is 1. The molecule has 4 rings (SSSR count). The van der Waals surface area contributed by atoms with E-state index in [0.29, 0.717) is 17.5 Å². The van der Waals surface area contributed by atoms with Crippen LogP contribution < -0.4 is 0 Å². The van der Waals surface area contributed by atoms with Gasteiger partial charge in [0.15, 0.2) is 6.29 Å². The fraction of sp³-hybridized carbons (Fsp3) is 0.429. The number of nitrogens with zero attached hydrogens (tertiary/aromatic N) is 3. The topological polar surface area (TPSA) is 67.5 Å². The molecule has 1 aliphatic heterocycles. The first-order chi connectivity index (χ1) is 16.4. The quantitative estimate of drug-likeness (QED) is 0.329. The Morgan fingerprint density at radius 1 is 0.794 bits per heavy atom. The van der Waals surface area contributed by atoms with E-state index in [1.165, 1.54) is 16.8 Å². The van der Waals surface area contributed by atoms with E-state index in [1.54, 1.807) is 0 Å². The fourth-order valence-corrected chi connectivity index (χ4v) is 4.63. The molecule has 0 amide bonds. The van der Waals surface area contributed by atoms with Crippen LogP contribution in [0.5, 0.6) is 0 Å². The predicted octanol–water partition coefficient (Wildman–Crippen LogP) is 5.47. The number of aromatic nitrogens is 2. The summed E-state index contributed by atoms with van der Waals surface area (Å²) in [6.07, 6.45) is 2.83. The first-order valence-electron chi connectivity index (χ1n) is 12.4. The average Bonchev–Trinajstić information content (AvgIpc) is 3.47. The van der Waals surface area contributed by atoms with Crippen LogP contribution in [0.2, 0.25) is 0 Å². The predicted molar refractivity (Wildman–Crippen MR) is 139 cm³/mol. The first-order valence-corrected chi connectivity index (χ1v) is 12.4. The van der Waals surface area contributed by atoms with Gasteiger partial charge in [-0.3, -0.25) is 19.6 Å². The van der Waals surface area contributed by atoms with E-state index in [-0.39, 0.29) is 0 Å². The molecule has 1 aliphatic rings. The average molecular weight is 460 g/mol. The molecule has 6 nitrogen and oxygen atoms in total. The van der Waals surface area contributed by atoms with Crippen LogP contribution in [0.15, 0.2) is 47.5 Å². The second-order valence-electron chi connectivity index (χ2n) is 9.90. The maximum absolute atomic E-state index is 10.9. The summed E-state index contributed by atoms with van der Waals surface area (Å²) in [6.45, 7) is 14.8. The summed E-state index contributed by atoms with van der Waals surface area (Å²) in [5.41, 5.74) is 7.72. The SMILES string of the molecule is CC(C)c1cccc(C(C)C)c1N=Cc1ccc(CN2CCN(Cc3ccc(C=O)[nH]3)CC2)[nH]1. The van der Waals surface area contributed by atoms with Gasteiger partial charge in [0.2, 0.25) is 0 Å². The van der Waals surface area contributed by atoms with Gasteiger partial charge in [0.25, 0.3) is 0 Å². The van der Waals surface area contributed by atoms with Gasteiger partial charge in [0.1, 0.15) is 0 Å². The van der Waals surface area contributed by atoms with Crippen molar-refractivity contribution < 1.29 is 4.79 Å². The minimum atomic E-state index is 0.438. The monoisotopic (exact) mass is 459 g/mol. The van der Waals surface area contributed by atoms with E-state index >= 15 is 0 Å². The highest BCUT2D eigenvalue weighted by Crippen LogP contribution is 2.34. The number of hydrogen-bond donors (Lipinski definition) is 2. The van der Waals surface area contributed by atoms with E-state index in [0.717, 1.165) is 62.6 Å². The van der Waals surface area contributed by atoms with E-state index in [9.17, 15) is 4.79 Å². The molecule has 1 saturated heterocycles. The normalized spacial score (nSPS) is 15.7. The van der Waals surface area contributed by atoms with Crippen LogP contribution in [0, 0.1) is 0 Å². The molecule has 0 aliphatic carbocycles. The van der Waals surface area contributed by atoms with Gasteiger partial charge >= 0.3 is 0 Å². The number of hydrogen-bond acceptors (Lipinski definition) is 4. The van der Waals surface area contributed by atoms with Gasteiger partial charge in [-0.1, -0.05) is 45.9 Å². The molecule has 0 spiro atoms. The molecular formula is C28H37N5O. The third kappa shape index (κ3) is 5.93. The molecule has 0 atom stereocenters. The molecule has 1 fully saturated rings. The molecule has 3 aromatic rings. The summed E-state index contributed by atoms with van der Waals surface area (Å²) in [5.74, 6) is 0.876. The van der Waals surface area contributed by atoms with Crippen molar-refractivity contribution in [3.05, 3.63) is 76.4 Å². The van der Waals surface area contributed by atoms with Crippen LogP contribution in [0.3, 0.4) is 0 Å². The first kappa shape index (κ1) is 24.2. The van der Waals surface area contributed by atoms with Gasteiger partial charge in [-0.25, -0.2) is 0 Å². The largest absolute Gasteiger partial charge is 0.357 e. The molecule has 1 aromatic carbocycles. The Morgan fingerprint density at radius 2 is 1.29 bits per heavy atom. The zero-order valence-corrected chi connectivity index (χ0v) is 20.8. The Morgan fingerprint density at radius 3 is 1.76 bits per heavy atom. The van der Waals surface area contributed by atoms with Crippen LogP contribution in [0.25, 0.3) is 0 Å². The van der Waals surface area contributed by atoms with E-state index in [1.807, 2.05) is 18.3 Å².